The number of benzene rings is 3. The van der Waals surface area contributed by atoms with Crippen molar-refractivity contribution in [2.45, 2.75) is 13.5 Å². The standard InChI is InChI=1S/C27H24N4O6/c1-18-23(27(33)30(29-18)21-9-11-22(12-10-21)31(34)35)14-20-8-13-24(25(15-20)36-2)37-17-26(32)28-16-19-6-4-3-5-7-19/h3-15H,16-17H2,1-2H3,(H,28,32)/b23-14+. The molecule has 0 aromatic heterocycles. The first-order valence-electron chi connectivity index (χ1n) is 11.3. The second kappa shape index (κ2) is 11.2. The highest BCUT2D eigenvalue weighted by Crippen LogP contribution is 2.31. The van der Waals surface area contributed by atoms with Gasteiger partial charge in [0.15, 0.2) is 18.1 Å². The van der Waals surface area contributed by atoms with Crippen LogP contribution in [-0.4, -0.2) is 36.2 Å². The molecule has 1 N–H and O–H groups in total. The lowest BCUT2D eigenvalue weighted by molar-refractivity contribution is -0.384. The topological polar surface area (TPSA) is 123 Å². The molecular weight excluding hydrogens is 476 g/mol. The van der Waals surface area contributed by atoms with E-state index in [4.69, 9.17) is 9.47 Å². The number of nitro benzene ring substituents is 1. The van der Waals surface area contributed by atoms with Crippen LogP contribution in [0.1, 0.15) is 18.1 Å². The van der Waals surface area contributed by atoms with Gasteiger partial charge in [-0.25, -0.2) is 0 Å². The summed E-state index contributed by atoms with van der Waals surface area (Å²) >= 11 is 0. The third-order valence-corrected chi connectivity index (χ3v) is 5.56. The Bertz CT molecular complexity index is 1380. The molecule has 0 saturated heterocycles. The maximum Gasteiger partial charge on any atom is 0.280 e. The minimum absolute atomic E-state index is 0.0741. The van der Waals surface area contributed by atoms with Gasteiger partial charge in [-0.1, -0.05) is 36.4 Å². The molecule has 0 fully saturated rings. The van der Waals surface area contributed by atoms with Crippen LogP contribution in [-0.2, 0) is 16.1 Å². The van der Waals surface area contributed by atoms with Crippen LogP contribution in [0.15, 0.2) is 83.5 Å². The van der Waals surface area contributed by atoms with Crippen molar-refractivity contribution in [3.8, 4) is 11.5 Å². The normalized spacial score (nSPS) is 13.9. The maximum atomic E-state index is 13.0. The van der Waals surface area contributed by atoms with Crippen LogP contribution < -0.4 is 19.8 Å². The van der Waals surface area contributed by atoms with Gasteiger partial charge in [0.05, 0.1) is 29.0 Å². The van der Waals surface area contributed by atoms with E-state index >= 15 is 0 Å². The number of nitrogens with one attached hydrogen (secondary N) is 1. The third kappa shape index (κ3) is 5.99. The fraction of sp³-hybridized carbons (Fsp3) is 0.148. The van der Waals surface area contributed by atoms with Gasteiger partial charge < -0.3 is 14.8 Å². The summed E-state index contributed by atoms with van der Waals surface area (Å²) < 4.78 is 11.1. The molecule has 4 rings (SSSR count). The van der Waals surface area contributed by atoms with Crippen LogP contribution in [0.3, 0.4) is 0 Å². The summed E-state index contributed by atoms with van der Waals surface area (Å²) in [6, 6.07) is 20.2. The Morgan fingerprint density at radius 2 is 1.81 bits per heavy atom. The van der Waals surface area contributed by atoms with Gasteiger partial charge in [-0.2, -0.15) is 10.1 Å². The lowest BCUT2D eigenvalue weighted by Gasteiger charge is -2.12. The molecule has 0 aliphatic carbocycles. The molecule has 0 bridgehead atoms. The number of hydrazone groups is 1. The molecule has 1 heterocycles. The number of non-ortho nitro benzene ring substituents is 1. The van der Waals surface area contributed by atoms with E-state index in [1.54, 1.807) is 31.2 Å². The number of hydrogen-bond donors (Lipinski definition) is 1. The fourth-order valence-corrected chi connectivity index (χ4v) is 3.63. The minimum Gasteiger partial charge on any atom is -0.493 e. The Morgan fingerprint density at radius 1 is 1.08 bits per heavy atom. The average molecular weight is 501 g/mol. The van der Waals surface area contributed by atoms with Gasteiger partial charge >= 0.3 is 0 Å². The molecule has 0 spiro atoms. The fourth-order valence-electron chi connectivity index (χ4n) is 3.63. The van der Waals surface area contributed by atoms with E-state index in [-0.39, 0.29) is 24.1 Å². The predicted octanol–water partition coefficient (Wildman–Crippen LogP) is 4.10. The number of amides is 2. The summed E-state index contributed by atoms with van der Waals surface area (Å²) in [5.74, 6) is 0.153. The molecule has 37 heavy (non-hydrogen) atoms. The minimum atomic E-state index is -0.507. The molecule has 3 aromatic rings. The van der Waals surface area contributed by atoms with Crippen molar-refractivity contribution in [2.75, 3.05) is 18.7 Å². The van der Waals surface area contributed by atoms with Crippen LogP contribution in [0.25, 0.3) is 6.08 Å². The summed E-state index contributed by atoms with van der Waals surface area (Å²) in [7, 11) is 1.48. The van der Waals surface area contributed by atoms with E-state index < -0.39 is 4.92 Å². The molecule has 0 saturated carbocycles. The van der Waals surface area contributed by atoms with Gasteiger partial charge in [0.2, 0.25) is 0 Å². The molecule has 10 heteroatoms. The smallest absolute Gasteiger partial charge is 0.280 e. The van der Waals surface area contributed by atoms with Gasteiger partial charge in [0.1, 0.15) is 0 Å². The van der Waals surface area contributed by atoms with Gasteiger partial charge in [-0.15, -0.1) is 0 Å². The van der Waals surface area contributed by atoms with E-state index in [1.165, 1.54) is 36.4 Å². The monoisotopic (exact) mass is 500 g/mol. The van der Waals surface area contributed by atoms with Crippen molar-refractivity contribution < 1.29 is 24.0 Å². The van der Waals surface area contributed by atoms with Crippen LogP contribution in [0.4, 0.5) is 11.4 Å². The van der Waals surface area contributed by atoms with Crippen LogP contribution in [0.2, 0.25) is 0 Å². The molecule has 3 aromatic carbocycles. The first-order valence-corrected chi connectivity index (χ1v) is 11.3. The molecule has 1 aliphatic rings. The van der Waals surface area contributed by atoms with E-state index in [2.05, 4.69) is 10.4 Å². The maximum absolute atomic E-state index is 13.0. The first-order chi connectivity index (χ1) is 17.9. The van der Waals surface area contributed by atoms with Crippen LogP contribution in [0.5, 0.6) is 11.5 Å². The zero-order chi connectivity index (χ0) is 26.4. The van der Waals surface area contributed by atoms with Crippen molar-refractivity contribution in [1.29, 1.82) is 0 Å². The van der Waals surface area contributed by atoms with Gasteiger partial charge in [0.25, 0.3) is 17.5 Å². The summed E-state index contributed by atoms with van der Waals surface area (Å²) in [6.45, 7) is 1.93. The number of carbonyl (C=O) groups excluding carboxylic acids is 2. The Hall–Kier alpha value is -4.99. The summed E-state index contributed by atoms with van der Waals surface area (Å²) in [4.78, 5) is 35.6. The molecule has 1 aliphatic heterocycles. The Morgan fingerprint density at radius 3 is 2.49 bits per heavy atom. The predicted molar refractivity (Wildman–Crippen MR) is 138 cm³/mol. The molecular formula is C27H24N4O6. The van der Waals surface area contributed by atoms with E-state index in [0.29, 0.717) is 40.6 Å². The number of nitro groups is 1. The first kappa shape index (κ1) is 25.1. The van der Waals surface area contributed by atoms with E-state index in [1.807, 2.05) is 30.3 Å². The lowest BCUT2D eigenvalue weighted by atomic mass is 10.1. The third-order valence-electron chi connectivity index (χ3n) is 5.56. The zero-order valence-corrected chi connectivity index (χ0v) is 20.2. The van der Waals surface area contributed by atoms with Gasteiger partial charge in [-0.3, -0.25) is 19.7 Å². The van der Waals surface area contributed by atoms with E-state index in [0.717, 1.165) is 5.56 Å². The zero-order valence-electron chi connectivity index (χ0n) is 20.2. The second-order valence-electron chi connectivity index (χ2n) is 8.10. The molecule has 10 nitrogen and oxygen atoms in total. The molecule has 2 amide bonds. The van der Waals surface area contributed by atoms with Crippen molar-refractivity contribution in [3.05, 3.63) is 99.6 Å². The molecule has 0 radical (unpaired) electrons. The number of carbonyl (C=O) groups is 2. The SMILES string of the molecule is COc1cc(/C=C2/C(=O)N(c3ccc([N+](=O)[O-])cc3)N=C2C)ccc1OCC(=O)NCc1ccccc1. The number of methoxy groups -OCH3 is 1. The summed E-state index contributed by atoms with van der Waals surface area (Å²) in [5, 5.41) is 19.2. The second-order valence-corrected chi connectivity index (χ2v) is 8.10. The van der Waals surface area contributed by atoms with Gasteiger partial charge in [-0.05, 0) is 48.4 Å². The highest BCUT2D eigenvalue weighted by atomic mass is 16.6. The average Bonchev–Trinajstić information content (AvgIpc) is 3.20. The number of ether oxygens (including phenoxy) is 2. The number of rotatable bonds is 9. The summed E-state index contributed by atoms with van der Waals surface area (Å²) in [6.07, 6.45) is 1.67. The quantitative estimate of drug-likeness (QED) is 0.268. The molecule has 188 valence electrons. The van der Waals surface area contributed by atoms with Crippen molar-refractivity contribution in [3.63, 3.8) is 0 Å². The summed E-state index contributed by atoms with van der Waals surface area (Å²) in [5.41, 5.74) is 2.87. The number of nitrogens with zero attached hydrogens (tertiary/aromatic N) is 3. The Kier molecular flexibility index (Phi) is 7.58. The van der Waals surface area contributed by atoms with Gasteiger partial charge in [0, 0.05) is 18.7 Å². The van der Waals surface area contributed by atoms with Crippen molar-refractivity contribution >= 4 is 35.0 Å². The number of hydrogen-bond acceptors (Lipinski definition) is 7. The highest BCUT2D eigenvalue weighted by molar-refractivity contribution is 6.32. The Balaban J connectivity index is 1.42. The Labute approximate surface area is 213 Å². The van der Waals surface area contributed by atoms with E-state index in [9.17, 15) is 19.7 Å². The van der Waals surface area contributed by atoms with Crippen molar-refractivity contribution in [2.24, 2.45) is 5.10 Å². The van der Waals surface area contributed by atoms with Crippen LogP contribution in [0, 0.1) is 10.1 Å². The highest BCUT2D eigenvalue weighted by Gasteiger charge is 2.29. The van der Waals surface area contributed by atoms with Crippen molar-refractivity contribution in [1.82, 2.24) is 5.32 Å². The molecule has 0 unspecified atom stereocenters. The number of anilines is 1. The molecule has 0 atom stereocenters. The van der Waals surface area contributed by atoms with Crippen LogP contribution >= 0.6 is 0 Å². The largest absolute Gasteiger partial charge is 0.493 e. The lowest BCUT2D eigenvalue weighted by Crippen LogP contribution is -2.28.